The number of benzene rings is 1. The van der Waals surface area contributed by atoms with Crippen LogP contribution in [-0.2, 0) is 19.6 Å². The Morgan fingerprint density at radius 3 is 2.68 bits per heavy atom. The van der Waals surface area contributed by atoms with Gasteiger partial charge in [0.25, 0.3) is 0 Å². The van der Waals surface area contributed by atoms with E-state index in [1.165, 1.54) is 7.11 Å². The van der Waals surface area contributed by atoms with Gasteiger partial charge in [-0.3, -0.25) is 4.79 Å². The first-order valence-corrected chi connectivity index (χ1v) is 9.27. The summed E-state index contributed by atoms with van der Waals surface area (Å²) in [4.78, 5) is 11.1. The Morgan fingerprint density at radius 2 is 2.00 bits per heavy atom. The van der Waals surface area contributed by atoms with Gasteiger partial charge in [0.15, 0.2) is 0 Å². The van der Waals surface area contributed by atoms with Gasteiger partial charge in [0.2, 0.25) is 10.0 Å². The molecule has 1 aromatic rings. The Labute approximate surface area is 132 Å². The van der Waals surface area contributed by atoms with Crippen LogP contribution in [0.25, 0.3) is 0 Å². The lowest BCUT2D eigenvalue weighted by Crippen LogP contribution is -2.39. The number of nitrogens with zero attached hydrogens (tertiary/aromatic N) is 1. The zero-order valence-corrected chi connectivity index (χ0v) is 13.7. The summed E-state index contributed by atoms with van der Waals surface area (Å²) < 4.78 is 31.4. The van der Waals surface area contributed by atoms with E-state index in [2.05, 4.69) is 4.74 Å². The Morgan fingerprint density at radius 1 is 1.27 bits per heavy atom. The molecule has 0 radical (unpaired) electrons. The molecule has 5 nitrogen and oxygen atoms in total. The number of esters is 1. The Balaban J connectivity index is 2.07. The smallest absolute Gasteiger partial charge is 0.305 e. The van der Waals surface area contributed by atoms with E-state index < -0.39 is 10.0 Å². The normalized spacial score (nSPS) is 19.8. The zero-order chi connectivity index (χ0) is 16.0. The minimum Gasteiger partial charge on any atom is -0.469 e. The van der Waals surface area contributed by atoms with Gasteiger partial charge in [-0.1, -0.05) is 36.8 Å². The second-order valence-corrected chi connectivity index (χ2v) is 7.57. The number of hydrogen-bond acceptors (Lipinski definition) is 4. The first kappa shape index (κ1) is 17.0. The molecule has 0 saturated carbocycles. The summed E-state index contributed by atoms with van der Waals surface area (Å²) in [7, 11) is -2.05. The van der Waals surface area contributed by atoms with E-state index in [1.54, 1.807) is 4.31 Å². The van der Waals surface area contributed by atoms with Crippen molar-refractivity contribution in [2.45, 2.75) is 38.1 Å². The van der Waals surface area contributed by atoms with Crippen LogP contribution in [0.5, 0.6) is 0 Å². The molecular formula is C16H23NO4S. The average Bonchev–Trinajstić information content (AvgIpc) is 2.55. The molecule has 1 saturated heterocycles. The van der Waals surface area contributed by atoms with E-state index in [0.29, 0.717) is 13.0 Å². The van der Waals surface area contributed by atoms with Crippen LogP contribution in [0.4, 0.5) is 0 Å². The highest BCUT2D eigenvalue weighted by Crippen LogP contribution is 2.33. The molecule has 122 valence electrons. The van der Waals surface area contributed by atoms with E-state index in [9.17, 15) is 13.2 Å². The molecule has 1 aliphatic rings. The molecule has 1 aromatic carbocycles. The fourth-order valence-electron chi connectivity index (χ4n) is 2.86. The molecule has 0 unspecified atom stereocenters. The van der Waals surface area contributed by atoms with Crippen LogP contribution in [0, 0.1) is 0 Å². The van der Waals surface area contributed by atoms with Crippen LogP contribution < -0.4 is 0 Å². The van der Waals surface area contributed by atoms with E-state index >= 15 is 0 Å². The van der Waals surface area contributed by atoms with Crippen molar-refractivity contribution in [1.82, 2.24) is 4.31 Å². The number of carbonyl (C=O) groups excluding carboxylic acids is 1. The van der Waals surface area contributed by atoms with Crippen molar-refractivity contribution in [3.05, 3.63) is 35.9 Å². The molecule has 0 spiro atoms. The molecule has 0 N–H and O–H groups in total. The molecular weight excluding hydrogens is 302 g/mol. The van der Waals surface area contributed by atoms with Crippen LogP contribution in [0.2, 0.25) is 0 Å². The summed E-state index contributed by atoms with van der Waals surface area (Å²) >= 11 is 0. The van der Waals surface area contributed by atoms with Crippen LogP contribution in [-0.4, -0.2) is 38.1 Å². The summed E-state index contributed by atoms with van der Waals surface area (Å²) in [6.45, 7) is 0.556. The van der Waals surface area contributed by atoms with Crippen molar-refractivity contribution in [3.63, 3.8) is 0 Å². The van der Waals surface area contributed by atoms with Gasteiger partial charge < -0.3 is 4.74 Å². The lowest BCUT2D eigenvalue weighted by molar-refractivity contribution is -0.140. The SMILES string of the molecule is COC(=O)CCCS(=O)(=O)N1CCCC[C@@H]1c1ccccc1. The highest BCUT2D eigenvalue weighted by atomic mass is 32.2. The maximum Gasteiger partial charge on any atom is 0.305 e. The summed E-state index contributed by atoms with van der Waals surface area (Å²) in [5.41, 5.74) is 1.04. The monoisotopic (exact) mass is 325 g/mol. The van der Waals surface area contributed by atoms with E-state index in [1.807, 2.05) is 30.3 Å². The van der Waals surface area contributed by atoms with Crippen molar-refractivity contribution in [2.75, 3.05) is 19.4 Å². The van der Waals surface area contributed by atoms with Gasteiger partial charge in [-0.2, -0.15) is 4.31 Å². The van der Waals surface area contributed by atoms with Gasteiger partial charge in [0.05, 0.1) is 12.9 Å². The van der Waals surface area contributed by atoms with Gasteiger partial charge in [0.1, 0.15) is 0 Å². The molecule has 0 aromatic heterocycles. The minimum absolute atomic E-state index is 0.00850. The molecule has 1 atom stereocenters. The van der Waals surface area contributed by atoms with E-state index in [4.69, 9.17) is 0 Å². The maximum absolute atomic E-state index is 12.6. The molecule has 1 aliphatic heterocycles. The number of piperidine rings is 1. The number of ether oxygens (including phenoxy) is 1. The van der Waals surface area contributed by atoms with Crippen molar-refractivity contribution in [2.24, 2.45) is 0 Å². The third kappa shape index (κ3) is 4.30. The minimum atomic E-state index is -3.36. The molecule has 1 heterocycles. The standard InChI is InChI=1S/C16H23NO4S/c1-21-16(18)11-7-13-22(19,20)17-12-6-5-10-15(17)14-8-3-2-4-9-14/h2-4,8-9,15H,5-7,10-13H2,1H3/t15-/m1/s1. The second kappa shape index (κ2) is 7.74. The van der Waals surface area contributed by atoms with Crippen LogP contribution in [0.15, 0.2) is 30.3 Å². The molecule has 2 rings (SSSR count). The Kier molecular flexibility index (Phi) is 5.97. The largest absolute Gasteiger partial charge is 0.469 e. The summed E-state index contributed by atoms with van der Waals surface area (Å²) in [6, 6.07) is 9.68. The second-order valence-electron chi connectivity index (χ2n) is 5.53. The number of methoxy groups -OCH3 is 1. The first-order valence-electron chi connectivity index (χ1n) is 7.66. The van der Waals surface area contributed by atoms with E-state index in [-0.39, 0.29) is 24.2 Å². The van der Waals surface area contributed by atoms with Gasteiger partial charge in [0, 0.05) is 19.0 Å². The van der Waals surface area contributed by atoms with Crippen molar-refractivity contribution in [3.8, 4) is 0 Å². The predicted molar refractivity (Wildman–Crippen MR) is 84.8 cm³/mol. The molecule has 0 bridgehead atoms. The lowest BCUT2D eigenvalue weighted by Gasteiger charge is -2.35. The topological polar surface area (TPSA) is 63.7 Å². The predicted octanol–water partition coefficient (Wildman–Crippen LogP) is 2.50. The molecule has 1 fully saturated rings. The van der Waals surface area contributed by atoms with Crippen LogP contribution >= 0.6 is 0 Å². The van der Waals surface area contributed by atoms with Gasteiger partial charge in [-0.25, -0.2) is 8.42 Å². The Hall–Kier alpha value is -1.40. The van der Waals surface area contributed by atoms with Gasteiger partial charge in [-0.15, -0.1) is 0 Å². The number of sulfonamides is 1. The highest BCUT2D eigenvalue weighted by molar-refractivity contribution is 7.89. The summed E-state index contributed by atoms with van der Waals surface area (Å²) in [5, 5.41) is 0. The molecule has 0 amide bonds. The van der Waals surface area contributed by atoms with Crippen molar-refractivity contribution in [1.29, 1.82) is 0 Å². The maximum atomic E-state index is 12.6. The molecule has 22 heavy (non-hydrogen) atoms. The fourth-order valence-corrected chi connectivity index (χ4v) is 4.63. The van der Waals surface area contributed by atoms with Crippen LogP contribution in [0.3, 0.4) is 0 Å². The van der Waals surface area contributed by atoms with Crippen molar-refractivity contribution < 1.29 is 17.9 Å². The lowest BCUT2D eigenvalue weighted by atomic mass is 9.98. The van der Waals surface area contributed by atoms with Crippen molar-refractivity contribution >= 4 is 16.0 Å². The number of carbonyl (C=O) groups is 1. The number of hydrogen-bond donors (Lipinski definition) is 0. The Bertz CT molecular complexity index is 585. The molecule has 6 heteroatoms. The molecule has 0 aliphatic carbocycles. The quantitative estimate of drug-likeness (QED) is 0.754. The van der Waals surface area contributed by atoms with Crippen LogP contribution in [0.1, 0.15) is 43.7 Å². The zero-order valence-electron chi connectivity index (χ0n) is 12.9. The number of rotatable bonds is 6. The van der Waals surface area contributed by atoms with Gasteiger partial charge >= 0.3 is 5.97 Å². The summed E-state index contributed by atoms with van der Waals surface area (Å²) in [5.74, 6) is -0.376. The average molecular weight is 325 g/mol. The third-order valence-corrected chi connectivity index (χ3v) is 5.96. The van der Waals surface area contributed by atoms with Gasteiger partial charge in [-0.05, 0) is 24.8 Å². The highest BCUT2D eigenvalue weighted by Gasteiger charge is 2.32. The van der Waals surface area contributed by atoms with E-state index in [0.717, 1.165) is 24.8 Å². The third-order valence-electron chi connectivity index (χ3n) is 4.01. The fraction of sp³-hybridized carbons (Fsp3) is 0.562. The first-order chi connectivity index (χ1) is 10.5. The summed E-state index contributed by atoms with van der Waals surface area (Å²) in [6.07, 6.45) is 3.21.